The molecule has 2 N–H and O–H groups in total. The summed E-state index contributed by atoms with van der Waals surface area (Å²) in [6.07, 6.45) is 3.94. The molecule has 3 aromatic rings. The number of anilines is 3. The Hall–Kier alpha value is -3.98. The Balaban J connectivity index is 1.40. The fourth-order valence-electron chi connectivity index (χ4n) is 4.37. The Morgan fingerprint density at radius 2 is 1.35 bits per heavy atom. The molecule has 5 rings (SSSR count). The summed E-state index contributed by atoms with van der Waals surface area (Å²) in [5.74, 6) is -2.04. The maximum Gasteiger partial charge on any atom is 0.283 e. The van der Waals surface area contributed by atoms with Crippen LogP contribution in [0.15, 0.2) is 88.3 Å². The van der Waals surface area contributed by atoms with Crippen molar-refractivity contribution in [3.63, 3.8) is 0 Å². The number of amides is 3. The van der Waals surface area contributed by atoms with Crippen LogP contribution < -0.4 is 15.5 Å². The maximum absolute atomic E-state index is 13.5. The van der Waals surface area contributed by atoms with E-state index >= 15 is 0 Å². The van der Waals surface area contributed by atoms with E-state index < -0.39 is 23.4 Å². The average Bonchev–Trinajstić information content (AvgIpc) is 3.51. The summed E-state index contributed by atoms with van der Waals surface area (Å²) in [5.41, 5.74) is 1.35. The summed E-state index contributed by atoms with van der Waals surface area (Å²) in [6, 6.07) is 17.5. The first kappa shape index (κ1) is 24.7. The molecular formula is C28H23F2N3O3S. The summed E-state index contributed by atoms with van der Waals surface area (Å²) in [5, 5.41) is 5.88. The van der Waals surface area contributed by atoms with E-state index in [-0.39, 0.29) is 28.1 Å². The molecular weight excluding hydrogens is 496 g/mol. The van der Waals surface area contributed by atoms with Crippen molar-refractivity contribution in [3.05, 3.63) is 95.0 Å². The molecule has 3 aromatic carbocycles. The van der Waals surface area contributed by atoms with Crippen LogP contribution in [-0.2, 0) is 14.4 Å². The Kier molecular flexibility index (Phi) is 7.05. The topological polar surface area (TPSA) is 78.5 Å². The molecule has 1 heterocycles. The van der Waals surface area contributed by atoms with Crippen LogP contribution in [0.1, 0.15) is 25.7 Å². The molecule has 188 valence electrons. The Bertz CT molecular complexity index is 1370. The highest BCUT2D eigenvalue weighted by Gasteiger charge is 2.40. The molecule has 37 heavy (non-hydrogen) atoms. The molecule has 0 spiro atoms. The van der Waals surface area contributed by atoms with E-state index in [2.05, 4.69) is 10.6 Å². The second-order valence-electron chi connectivity index (χ2n) is 8.86. The lowest BCUT2D eigenvalue weighted by atomic mass is 10.1. The largest absolute Gasteiger partial charge is 0.350 e. The maximum atomic E-state index is 13.5. The van der Waals surface area contributed by atoms with Crippen LogP contribution in [0, 0.1) is 17.6 Å². The van der Waals surface area contributed by atoms with Gasteiger partial charge in [0.2, 0.25) is 5.91 Å². The molecule has 6 nitrogen and oxygen atoms in total. The second kappa shape index (κ2) is 10.6. The van der Waals surface area contributed by atoms with Gasteiger partial charge >= 0.3 is 0 Å². The zero-order valence-electron chi connectivity index (χ0n) is 19.7. The average molecular weight is 520 g/mol. The van der Waals surface area contributed by atoms with Gasteiger partial charge < -0.3 is 10.6 Å². The highest BCUT2D eigenvalue weighted by atomic mass is 32.2. The summed E-state index contributed by atoms with van der Waals surface area (Å²) >= 11 is 1.09. The van der Waals surface area contributed by atoms with Gasteiger partial charge in [-0.1, -0.05) is 24.6 Å². The number of carbonyl (C=O) groups excluding carboxylic acids is 3. The lowest BCUT2D eigenvalue weighted by molar-refractivity contribution is -0.121. The number of thioether (sulfide) groups is 1. The van der Waals surface area contributed by atoms with Crippen LogP contribution in [-0.4, -0.2) is 17.7 Å². The number of halogens is 2. The van der Waals surface area contributed by atoms with Crippen LogP contribution in [0.25, 0.3) is 0 Å². The van der Waals surface area contributed by atoms with Crippen molar-refractivity contribution in [2.75, 3.05) is 15.5 Å². The first-order valence-corrected chi connectivity index (χ1v) is 12.7. The molecule has 1 aliphatic carbocycles. The van der Waals surface area contributed by atoms with E-state index in [4.69, 9.17) is 0 Å². The first-order valence-electron chi connectivity index (χ1n) is 11.9. The third kappa shape index (κ3) is 5.41. The van der Waals surface area contributed by atoms with Gasteiger partial charge in [-0.15, -0.1) is 0 Å². The molecule has 0 saturated heterocycles. The third-order valence-electron chi connectivity index (χ3n) is 6.31. The summed E-state index contributed by atoms with van der Waals surface area (Å²) in [7, 11) is 0. The Morgan fingerprint density at radius 3 is 1.97 bits per heavy atom. The Morgan fingerprint density at radius 1 is 0.784 bits per heavy atom. The van der Waals surface area contributed by atoms with Crippen molar-refractivity contribution < 1.29 is 23.2 Å². The molecule has 1 fully saturated rings. The minimum atomic E-state index is -0.608. The van der Waals surface area contributed by atoms with Crippen LogP contribution in [0.2, 0.25) is 0 Å². The number of nitrogens with one attached hydrogen (secondary N) is 2. The van der Waals surface area contributed by atoms with Gasteiger partial charge in [0.15, 0.2) is 0 Å². The molecule has 0 radical (unpaired) electrons. The predicted octanol–water partition coefficient (Wildman–Crippen LogP) is 6.08. The summed E-state index contributed by atoms with van der Waals surface area (Å²) in [4.78, 5) is 40.9. The number of benzene rings is 3. The van der Waals surface area contributed by atoms with Gasteiger partial charge in [-0.05, 0) is 85.6 Å². The molecule has 2 aliphatic rings. The molecule has 1 aliphatic heterocycles. The molecule has 0 bridgehead atoms. The van der Waals surface area contributed by atoms with Gasteiger partial charge in [0.25, 0.3) is 11.8 Å². The van der Waals surface area contributed by atoms with Crippen LogP contribution >= 0.6 is 11.8 Å². The fraction of sp³-hybridized carbons (Fsp3) is 0.179. The summed E-state index contributed by atoms with van der Waals surface area (Å²) in [6.45, 7) is 0. The fourth-order valence-corrected chi connectivity index (χ4v) is 5.30. The van der Waals surface area contributed by atoms with Crippen molar-refractivity contribution >= 4 is 46.5 Å². The first-order chi connectivity index (χ1) is 17.9. The van der Waals surface area contributed by atoms with Crippen molar-refractivity contribution in [1.82, 2.24) is 0 Å². The van der Waals surface area contributed by atoms with E-state index in [1.807, 2.05) is 0 Å². The van der Waals surface area contributed by atoms with E-state index in [0.29, 0.717) is 16.3 Å². The Labute approximate surface area is 216 Å². The summed E-state index contributed by atoms with van der Waals surface area (Å²) < 4.78 is 26.8. The quantitative estimate of drug-likeness (QED) is 0.370. The van der Waals surface area contributed by atoms with Gasteiger partial charge in [-0.25, -0.2) is 13.7 Å². The molecule has 0 aromatic heterocycles. The number of rotatable bonds is 7. The van der Waals surface area contributed by atoms with Crippen molar-refractivity contribution in [2.24, 2.45) is 5.92 Å². The van der Waals surface area contributed by atoms with Gasteiger partial charge in [-0.2, -0.15) is 0 Å². The molecule has 9 heteroatoms. The minimum absolute atomic E-state index is 0.0119. The van der Waals surface area contributed by atoms with Gasteiger partial charge in [-0.3, -0.25) is 14.4 Å². The molecule has 1 saturated carbocycles. The normalized spacial score (nSPS) is 16.0. The van der Waals surface area contributed by atoms with E-state index in [1.54, 1.807) is 24.3 Å². The number of imide groups is 1. The smallest absolute Gasteiger partial charge is 0.283 e. The minimum Gasteiger partial charge on any atom is -0.350 e. The third-order valence-corrected chi connectivity index (χ3v) is 7.40. The zero-order valence-corrected chi connectivity index (χ0v) is 20.5. The second-order valence-corrected chi connectivity index (χ2v) is 9.94. The highest BCUT2D eigenvalue weighted by Crippen LogP contribution is 2.38. The van der Waals surface area contributed by atoms with Crippen molar-refractivity contribution in [2.45, 2.75) is 30.6 Å². The lowest BCUT2D eigenvalue weighted by Crippen LogP contribution is -2.32. The number of hydrogen-bond acceptors (Lipinski definition) is 5. The number of carbonyl (C=O) groups is 3. The predicted molar refractivity (Wildman–Crippen MR) is 139 cm³/mol. The number of nitrogens with zero attached hydrogens (tertiary/aromatic N) is 1. The van der Waals surface area contributed by atoms with Crippen LogP contribution in [0.3, 0.4) is 0 Å². The van der Waals surface area contributed by atoms with E-state index in [1.165, 1.54) is 48.5 Å². The van der Waals surface area contributed by atoms with Crippen molar-refractivity contribution in [1.29, 1.82) is 0 Å². The van der Waals surface area contributed by atoms with Gasteiger partial charge in [0, 0.05) is 22.2 Å². The molecule has 0 atom stereocenters. The number of hydrogen-bond donors (Lipinski definition) is 2. The highest BCUT2D eigenvalue weighted by molar-refractivity contribution is 8.04. The SMILES string of the molecule is O=C(Nc1ccc(SC2=C(Nc3ccc(F)cc3)C(=O)N(c3ccc(F)cc3)C2=O)cc1)C1CCCC1. The molecule has 3 amide bonds. The monoisotopic (exact) mass is 519 g/mol. The standard InChI is InChI=1S/C28H23F2N3O3S/c29-18-5-9-20(10-6-18)31-24-25(28(36)33(27(24)35)22-13-7-19(30)8-14-22)37-23-15-11-21(12-16-23)32-26(34)17-3-1-2-4-17/h5-17,31H,1-4H2,(H,32,34). The zero-order chi connectivity index (χ0) is 25.9. The van der Waals surface area contributed by atoms with Crippen molar-refractivity contribution in [3.8, 4) is 0 Å². The molecule has 0 unspecified atom stereocenters. The van der Waals surface area contributed by atoms with Crippen LogP contribution in [0.4, 0.5) is 25.8 Å². The van der Waals surface area contributed by atoms with E-state index in [9.17, 15) is 23.2 Å². The van der Waals surface area contributed by atoms with E-state index in [0.717, 1.165) is 42.3 Å². The van der Waals surface area contributed by atoms with Crippen LogP contribution in [0.5, 0.6) is 0 Å². The lowest BCUT2D eigenvalue weighted by Gasteiger charge is -2.15. The van der Waals surface area contributed by atoms with Gasteiger partial charge in [0.1, 0.15) is 22.2 Å². The van der Waals surface area contributed by atoms with Gasteiger partial charge in [0.05, 0.1) is 5.69 Å².